The summed E-state index contributed by atoms with van der Waals surface area (Å²) in [6.45, 7) is 8.84. The van der Waals surface area contributed by atoms with Crippen molar-refractivity contribution in [2.24, 2.45) is 5.92 Å². The first-order valence-corrected chi connectivity index (χ1v) is 7.08. The van der Waals surface area contributed by atoms with Crippen molar-refractivity contribution in [3.8, 4) is 0 Å². The van der Waals surface area contributed by atoms with E-state index in [1.54, 1.807) is 0 Å². The molecule has 1 unspecified atom stereocenters. The summed E-state index contributed by atoms with van der Waals surface area (Å²) in [7, 11) is 0. The molecular weight excluding hydrogens is 260 g/mol. The predicted molar refractivity (Wildman–Crippen MR) is 81.7 cm³/mol. The maximum atomic E-state index is 11.9. The molecule has 0 aliphatic carbocycles. The lowest BCUT2D eigenvalue weighted by Crippen LogP contribution is -2.38. The van der Waals surface area contributed by atoms with Crippen LogP contribution < -0.4 is 10.6 Å². The van der Waals surface area contributed by atoms with E-state index in [0.29, 0.717) is 10.9 Å². The van der Waals surface area contributed by atoms with Gasteiger partial charge in [-0.05, 0) is 43.9 Å². The number of benzene rings is 1. The Kier molecular flexibility index (Phi) is 6.16. The first-order chi connectivity index (χ1) is 8.90. The van der Waals surface area contributed by atoms with Gasteiger partial charge in [0.1, 0.15) is 6.04 Å². The summed E-state index contributed by atoms with van der Waals surface area (Å²) in [6, 6.07) is 5.35. The number of carbonyl (C=O) groups excluding carboxylic acids is 1. The number of anilines is 1. The Hall–Kier alpha value is -1.22. The van der Waals surface area contributed by atoms with Crippen molar-refractivity contribution in [2.45, 2.75) is 40.2 Å². The van der Waals surface area contributed by atoms with Crippen LogP contribution in [0.5, 0.6) is 0 Å². The Morgan fingerprint density at radius 1 is 1.32 bits per heavy atom. The van der Waals surface area contributed by atoms with Gasteiger partial charge in [0.25, 0.3) is 0 Å². The topological polar surface area (TPSA) is 41.1 Å². The van der Waals surface area contributed by atoms with Crippen LogP contribution in [0.4, 0.5) is 5.69 Å². The molecule has 0 aliphatic heterocycles. The van der Waals surface area contributed by atoms with Gasteiger partial charge >= 0.3 is 0 Å². The Labute approximate surface area is 120 Å². The second-order valence-corrected chi connectivity index (χ2v) is 5.74. The van der Waals surface area contributed by atoms with Gasteiger partial charge in [-0.25, -0.2) is 0 Å². The van der Waals surface area contributed by atoms with Crippen molar-refractivity contribution in [2.75, 3.05) is 11.9 Å². The third-order valence-corrected chi connectivity index (χ3v) is 3.22. The van der Waals surface area contributed by atoms with E-state index in [1.165, 1.54) is 0 Å². The highest BCUT2D eigenvalue weighted by Gasteiger charge is 2.13. The van der Waals surface area contributed by atoms with Crippen LogP contribution in [0.15, 0.2) is 18.2 Å². The van der Waals surface area contributed by atoms with Crippen molar-refractivity contribution in [3.05, 3.63) is 28.8 Å². The Bertz CT molecular complexity index is 432. The molecule has 1 amide bonds. The van der Waals surface area contributed by atoms with Crippen LogP contribution in [0.25, 0.3) is 0 Å². The highest BCUT2D eigenvalue weighted by molar-refractivity contribution is 6.30. The molecule has 0 spiro atoms. The summed E-state index contributed by atoms with van der Waals surface area (Å²) in [5, 5.41) is 6.79. The van der Waals surface area contributed by atoms with Gasteiger partial charge in [-0.15, -0.1) is 0 Å². The molecule has 0 aromatic heterocycles. The maximum Gasteiger partial charge on any atom is 0.242 e. The predicted octanol–water partition coefficient (Wildman–Crippen LogP) is 3.61. The number of rotatable bonds is 6. The minimum absolute atomic E-state index is 0.0139. The molecule has 1 aromatic carbocycles. The molecule has 0 saturated carbocycles. The van der Waals surface area contributed by atoms with Crippen molar-refractivity contribution in [1.82, 2.24) is 5.32 Å². The molecule has 0 bridgehead atoms. The molecule has 1 atom stereocenters. The monoisotopic (exact) mass is 282 g/mol. The number of aryl methyl sites for hydroxylation is 1. The van der Waals surface area contributed by atoms with E-state index in [0.717, 1.165) is 24.2 Å². The molecule has 1 rings (SSSR count). The van der Waals surface area contributed by atoms with E-state index < -0.39 is 0 Å². The molecule has 0 aliphatic rings. The number of nitrogens with one attached hydrogen (secondary N) is 2. The third-order valence-electron chi connectivity index (χ3n) is 2.99. The van der Waals surface area contributed by atoms with E-state index >= 15 is 0 Å². The van der Waals surface area contributed by atoms with Crippen LogP contribution in [-0.4, -0.2) is 18.5 Å². The van der Waals surface area contributed by atoms with Gasteiger partial charge in [-0.1, -0.05) is 31.5 Å². The van der Waals surface area contributed by atoms with E-state index in [9.17, 15) is 4.79 Å². The molecule has 0 saturated heterocycles. The fraction of sp³-hybridized carbons (Fsp3) is 0.533. The Morgan fingerprint density at radius 3 is 2.63 bits per heavy atom. The molecule has 4 heteroatoms. The van der Waals surface area contributed by atoms with Crippen molar-refractivity contribution in [1.29, 1.82) is 0 Å². The fourth-order valence-electron chi connectivity index (χ4n) is 1.69. The van der Waals surface area contributed by atoms with Crippen LogP contribution >= 0.6 is 11.6 Å². The van der Waals surface area contributed by atoms with Gasteiger partial charge in [0.2, 0.25) is 5.91 Å². The van der Waals surface area contributed by atoms with Crippen LogP contribution in [0.3, 0.4) is 0 Å². The lowest BCUT2D eigenvalue weighted by molar-refractivity contribution is -0.121. The standard InChI is InChI=1S/C15H23ClN2O/c1-10(2)7-8-17-15(19)12(4)18-14-9-13(16)6-5-11(14)3/h5-6,9-10,12,18H,7-8H2,1-4H3,(H,17,19). The van der Waals surface area contributed by atoms with Crippen molar-refractivity contribution in [3.63, 3.8) is 0 Å². The van der Waals surface area contributed by atoms with E-state index in [2.05, 4.69) is 24.5 Å². The van der Waals surface area contributed by atoms with Crippen LogP contribution in [0.2, 0.25) is 5.02 Å². The van der Waals surface area contributed by atoms with Gasteiger partial charge < -0.3 is 10.6 Å². The summed E-state index contributed by atoms with van der Waals surface area (Å²) < 4.78 is 0. The Balaban J connectivity index is 2.51. The van der Waals surface area contributed by atoms with Gasteiger partial charge in [0.05, 0.1) is 0 Å². The summed E-state index contributed by atoms with van der Waals surface area (Å²) in [5.41, 5.74) is 1.98. The second kappa shape index (κ2) is 7.39. The quantitative estimate of drug-likeness (QED) is 0.837. The van der Waals surface area contributed by atoms with Crippen LogP contribution in [0, 0.1) is 12.8 Å². The first kappa shape index (κ1) is 15.8. The zero-order valence-corrected chi connectivity index (χ0v) is 12.8. The second-order valence-electron chi connectivity index (χ2n) is 5.30. The first-order valence-electron chi connectivity index (χ1n) is 6.70. The molecular formula is C15H23ClN2O. The highest BCUT2D eigenvalue weighted by atomic mass is 35.5. The highest BCUT2D eigenvalue weighted by Crippen LogP contribution is 2.20. The number of amides is 1. The fourth-order valence-corrected chi connectivity index (χ4v) is 1.86. The lowest BCUT2D eigenvalue weighted by Gasteiger charge is -2.17. The molecule has 2 N–H and O–H groups in total. The number of hydrogen-bond donors (Lipinski definition) is 2. The number of carbonyl (C=O) groups is 1. The zero-order valence-electron chi connectivity index (χ0n) is 12.1. The van der Waals surface area contributed by atoms with Gasteiger partial charge in [0, 0.05) is 17.3 Å². The summed E-state index contributed by atoms with van der Waals surface area (Å²) in [4.78, 5) is 11.9. The maximum absolute atomic E-state index is 11.9. The summed E-state index contributed by atoms with van der Waals surface area (Å²) >= 11 is 5.96. The normalized spacial score (nSPS) is 12.3. The molecule has 3 nitrogen and oxygen atoms in total. The van der Waals surface area contributed by atoms with Gasteiger partial charge in [0.15, 0.2) is 0 Å². The smallest absolute Gasteiger partial charge is 0.242 e. The summed E-state index contributed by atoms with van der Waals surface area (Å²) in [6.07, 6.45) is 0.995. The molecule has 106 valence electrons. The molecule has 1 aromatic rings. The van der Waals surface area contributed by atoms with Crippen molar-refractivity contribution < 1.29 is 4.79 Å². The minimum Gasteiger partial charge on any atom is -0.374 e. The van der Waals surface area contributed by atoms with Gasteiger partial charge in [-0.3, -0.25) is 4.79 Å². The average molecular weight is 283 g/mol. The SMILES string of the molecule is Cc1ccc(Cl)cc1NC(C)C(=O)NCCC(C)C. The van der Waals surface area contributed by atoms with E-state index in [1.807, 2.05) is 32.0 Å². The molecule has 0 radical (unpaired) electrons. The number of hydrogen-bond acceptors (Lipinski definition) is 2. The van der Waals surface area contributed by atoms with Crippen LogP contribution in [0.1, 0.15) is 32.8 Å². The Morgan fingerprint density at radius 2 is 2.00 bits per heavy atom. The van der Waals surface area contributed by atoms with Crippen molar-refractivity contribution >= 4 is 23.2 Å². The zero-order chi connectivity index (χ0) is 14.4. The molecule has 0 heterocycles. The lowest BCUT2D eigenvalue weighted by atomic mass is 10.1. The molecule has 19 heavy (non-hydrogen) atoms. The average Bonchev–Trinajstić information content (AvgIpc) is 2.33. The van der Waals surface area contributed by atoms with Gasteiger partial charge in [-0.2, -0.15) is 0 Å². The number of halogens is 1. The van der Waals surface area contributed by atoms with E-state index in [-0.39, 0.29) is 11.9 Å². The van der Waals surface area contributed by atoms with Crippen LogP contribution in [-0.2, 0) is 4.79 Å². The summed E-state index contributed by atoms with van der Waals surface area (Å²) in [5.74, 6) is 0.610. The van der Waals surface area contributed by atoms with E-state index in [4.69, 9.17) is 11.6 Å². The third kappa shape index (κ3) is 5.52. The minimum atomic E-state index is -0.274. The molecule has 0 fully saturated rings. The largest absolute Gasteiger partial charge is 0.374 e.